The van der Waals surface area contributed by atoms with E-state index in [0.29, 0.717) is 13.1 Å². The molecule has 0 saturated carbocycles. The van der Waals surface area contributed by atoms with E-state index in [1.165, 1.54) is 11.1 Å². The van der Waals surface area contributed by atoms with Crippen LogP contribution in [-0.4, -0.2) is 32.8 Å². The Bertz CT molecular complexity index is 745. The van der Waals surface area contributed by atoms with Crippen LogP contribution in [0.1, 0.15) is 16.7 Å². The molecule has 5 heteroatoms. The Morgan fingerprint density at radius 3 is 2.80 bits per heavy atom. The number of nitrogens with one attached hydrogen (secondary N) is 2. The number of rotatable bonds is 7. The first-order valence-corrected chi connectivity index (χ1v) is 8.63. The Labute approximate surface area is 148 Å². The molecule has 2 N–H and O–H groups in total. The molecule has 1 aliphatic heterocycles. The highest BCUT2D eigenvalue weighted by Gasteiger charge is 2.16. The maximum Gasteiger partial charge on any atom is 0.275 e. The summed E-state index contributed by atoms with van der Waals surface area (Å²) in [7, 11) is 2.02. The van der Waals surface area contributed by atoms with Crippen LogP contribution in [0.5, 0.6) is 11.5 Å². The van der Waals surface area contributed by atoms with E-state index in [1.54, 1.807) is 0 Å². The van der Waals surface area contributed by atoms with E-state index >= 15 is 0 Å². The van der Waals surface area contributed by atoms with E-state index in [4.69, 9.17) is 9.47 Å². The molecule has 1 aliphatic rings. The molecular formula is C20H25N2O3+. The molecule has 3 rings (SSSR count). The van der Waals surface area contributed by atoms with Crippen LogP contribution in [-0.2, 0) is 17.8 Å². The number of benzene rings is 2. The average molecular weight is 341 g/mol. The molecule has 0 bridgehead atoms. The van der Waals surface area contributed by atoms with Crippen LogP contribution in [0.25, 0.3) is 0 Å². The van der Waals surface area contributed by atoms with Gasteiger partial charge in [-0.3, -0.25) is 4.79 Å². The van der Waals surface area contributed by atoms with Crippen LogP contribution in [0, 0.1) is 6.92 Å². The molecule has 1 heterocycles. The standard InChI is InChI=1S/C20H24N2O3/c1-15-5-3-4-6-17(15)9-10-21-20(23)13-22(2)12-16-7-8-18-19(11-16)25-14-24-18/h3-8,11H,9-10,12-14H2,1-2H3,(H,21,23)/p+1. The molecule has 0 aromatic heterocycles. The lowest BCUT2D eigenvalue weighted by Gasteiger charge is -2.14. The topological polar surface area (TPSA) is 52.0 Å². The molecule has 2 aromatic carbocycles. The summed E-state index contributed by atoms with van der Waals surface area (Å²) < 4.78 is 10.7. The Hall–Kier alpha value is -2.53. The van der Waals surface area contributed by atoms with Gasteiger partial charge in [-0.15, -0.1) is 0 Å². The van der Waals surface area contributed by atoms with Crippen LogP contribution < -0.4 is 19.7 Å². The first-order valence-electron chi connectivity index (χ1n) is 8.63. The third-order valence-corrected chi connectivity index (χ3v) is 4.38. The fraction of sp³-hybridized carbons (Fsp3) is 0.350. The second-order valence-electron chi connectivity index (χ2n) is 6.52. The number of hydrogen-bond acceptors (Lipinski definition) is 3. The van der Waals surface area contributed by atoms with Gasteiger partial charge in [0, 0.05) is 12.1 Å². The monoisotopic (exact) mass is 341 g/mol. The van der Waals surface area contributed by atoms with Crippen LogP contribution in [0.2, 0.25) is 0 Å². The summed E-state index contributed by atoms with van der Waals surface area (Å²) in [4.78, 5) is 13.3. The second kappa shape index (κ2) is 8.03. The molecule has 1 atom stereocenters. The van der Waals surface area contributed by atoms with Gasteiger partial charge in [-0.05, 0) is 42.7 Å². The molecule has 25 heavy (non-hydrogen) atoms. The van der Waals surface area contributed by atoms with Crippen molar-refractivity contribution in [3.05, 3.63) is 59.2 Å². The van der Waals surface area contributed by atoms with Crippen molar-refractivity contribution in [1.82, 2.24) is 5.32 Å². The van der Waals surface area contributed by atoms with Crippen LogP contribution in [0.15, 0.2) is 42.5 Å². The molecule has 0 saturated heterocycles. The van der Waals surface area contributed by atoms with Gasteiger partial charge in [0.05, 0.1) is 7.05 Å². The summed E-state index contributed by atoms with van der Waals surface area (Å²) >= 11 is 0. The number of ether oxygens (including phenoxy) is 2. The zero-order chi connectivity index (χ0) is 17.6. The fourth-order valence-electron chi connectivity index (χ4n) is 3.03. The summed E-state index contributed by atoms with van der Waals surface area (Å²) in [6.07, 6.45) is 0.861. The first-order chi connectivity index (χ1) is 12.1. The van der Waals surface area contributed by atoms with Crippen LogP contribution >= 0.6 is 0 Å². The Kier molecular flexibility index (Phi) is 5.56. The van der Waals surface area contributed by atoms with E-state index < -0.39 is 0 Å². The molecule has 0 aliphatic carbocycles. The van der Waals surface area contributed by atoms with E-state index in [0.717, 1.165) is 34.9 Å². The fourth-order valence-corrected chi connectivity index (χ4v) is 3.03. The number of quaternary nitrogens is 1. The Morgan fingerprint density at radius 2 is 1.96 bits per heavy atom. The smallest absolute Gasteiger partial charge is 0.275 e. The van der Waals surface area contributed by atoms with Gasteiger partial charge in [0.25, 0.3) is 5.91 Å². The summed E-state index contributed by atoms with van der Waals surface area (Å²) in [6.45, 7) is 4.26. The van der Waals surface area contributed by atoms with Crippen molar-refractivity contribution in [3.8, 4) is 11.5 Å². The predicted octanol–water partition coefficient (Wildman–Crippen LogP) is 1.10. The lowest BCUT2D eigenvalue weighted by atomic mass is 10.1. The molecule has 2 aromatic rings. The Morgan fingerprint density at radius 1 is 1.16 bits per heavy atom. The minimum atomic E-state index is 0.0758. The molecule has 1 amide bonds. The van der Waals surface area contributed by atoms with Gasteiger partial charge in [-0.25, -0.2) is 0 Å². The third kappa shape index (κ3) is 4.73. The van der Waals surface area contributed by atoms with Gasteiger partial charge >= 0.3 is 0 Å². The number of carbonyl (C=O) groups is 1. The molecule has 132 valence electrons. The maximum atomic E-state index is 12.1. The molecular weight excluding hydrogens is 316 g/mol. The zero-order valence-electron chi connectivity index (χ0n) is 14.8. The van der Waals surface area contributed by atoms with Gasteiger partial charge in [-0.2, -0.15) is 0 Å². The van der Waals surface area contributed by atoms with E-state index in [2.05, 4.69) is 24.4 Å². The number of hydrogen-bond donors (Lipinski definition) is 2. The van der Waals surface area contributed by atoms with Crippen molar-refractivity contribution in [1.29, 1.82) is 0 Å². The number of amides is 1. The molecule has 0 fully saturated rings. The normalized spacial score (nSPS) is 13.5. The number of fused-ring (bicyclic) bond motifs is 1. The van der Waals surface area contributed by atoms with Crippen LogP contribution in [0.3, 0.4) is 0 Å². The summed E-state index contributed by atoms with van der Waals surface area (Å²) in [5.41, 5.74) is 3.68. The summed E-state index contributed by atoms with van der Waals surface area (Å²) in [6, 6.07) is 14.2. The minimum Gasteiger partial charge on any atom is -0.454 e. The summed E-state index contributed by atoms with van der Waals surface area (Å²) in [5.74, 6) is 1.65. The SMILES string of the molecule is Cc1ccccc1CCNC(=O)C[NH+](C)Cc1ccc2c(c1)OCO2. The van der Waals surface area contributed by atoms with Gasteiger partial charge in [-0.1, -0.05) is 24.3 Å². The van der Waals surface area contributed by atoms with Crippen molar-refractivity contribution >= 4 is 5.91 Å². The number of likely N-dealkylation sites (N-methyl/N-ethyl adjacent to an activating group) is 1. The maximum absolute atomic E-state index is 12.1. The molecule has 0 spiro atoms. The minimum absolute atomic E-state index is 0.0758. The van der Waals surface area contributed by atoms with E-state index in [9.17, 15) is 4.79 Å². The van der Waals surface area contributed by atoms with E-state index in [-0.39, 0.29) is 12.7 Å². The molecule has 1 unspecified atom stereocenters. The predicted molar refractivity (Wildman–Crippen MR) is 95.9 cm³/mol. The lowest BCUT2D eigenvalue weighted by molar-refractivity contribution is -0.885. The van der Waals surface area contributed by atoms with Gasteiger partial charge < -0.3 is 19.7 Å². The van der Waals surface area contributed by atoms with Gasteiger partial charge in [0.2, 0.25) is 6.79 Å². The van der Waals surface area contributed by atoms with E-state index in [1.807, 2.05) is 37.4 Å². The second-order valence-corrected chi connectivity index (χ2v) is 6.52. The van der Waals surface area contributed by atoms with Crippen molar-refractivity contribution < 1.29 is 19.2 Å². The van der Waals surface area contributed by atoms with Crippen molar-refractivity contribution in [2.75, 3.05) is 26.9 Å². The highest BCUT2D eigenvalue weighted by atomic mass is 16.7. The van der Waals surface area contributed by atoms with Gasteiger partial charge in [0.15, 0.2) is 18.0 Å². The third-order valence-electron chi connectivity index (χ3n) is 4.38. The molecule has 0 radical (unpaired) electrons. The van der Waals surface area contributed by atoms with Gasteiger partial charge in [0.1, 0.15) is 6.54 Å². The quantitative estimate of drug-likeness (QED) is 0.793. The number of carbonyl (C=O) groups excluding carboxylic acids is 1. The first kappa shape index (κ1) is 17.3. The lowest BCUT2D eigenvalue weighted by Crippen LogP contribution is -3.08. The van der Waals surface area contributed by atoms with Crippen molar-refractivity contribution in [3.63, 3.8) is 0 Å². The highest BCUT2D eigenvalue weighted by Crippen LogP contribution is 2.32. The zero-order valence-corrected chi connectivity index (χ0v) is 14.8. The Balaban J connectivity index is 1.42. The average Bonchev–Trinajstić information content (AvgIpc) is 3.04. The largest absolute Gasteiger partial charge is 0.454 e. The summed E-state index contributed by atoms with van der Waals surface area (Å²) in [5, 5.41) is 3.01. The van der Waals surface area contributed by atoms with Crippen LogP contribution in [0.4, 0.5) is 0 Å². The van der Waals surface area contributed by atoms with Crippen molar-refractivity contribution in [2.45, 2.75) is 19.9 Å². The molecule has 5 nitrogen and oxygen atoms in total. The van der Waals surface area contributed by atoms with Crippen molar-refractivity contribution in [2.24, 2.45) is 0 Å². The highest BCUT2D eigenvalue weighted by molar-refractivity contribution is 5.76. The number of aryl methyl sites for hydroxylation is 1.